The van der Waals surface area contributed by atoms with Crippen molar-refractivity contribution in [1.29, 1.82) is 0 Å². The van der Waals surface area contributed by atoms with Gasteiger partial charge in [0.25, 0.3) is 0 Å². The molecule has 1 atom stereocenters. The normalized spacial score (nSPS) is 12.5. The Bertz CT molecular complexity index is 543. The van der Waals surface area contributed by atoms with Gasteiger partial charge in [0.15, 0.2) is 0 Å². The van der Waals surface area contributed by atoms with Crippen molar-refractivity contribution in [3.63, 3.8) is 0 Å². The van der Waals surface area contributed by atoms with Crippen LogP contribution in [0, 0.1) is 5.82 Å². The molecule has 0 radical (unpaired) electrons. The van der Waals surface area contributed by atoms with Crippen molar-refractivity contribution < 1.29 is 4.39 Å². The molecule has 0 bridgehead atoms. The second-order valence-corrected chi connectivity index (χ2v) is 4.46. The van der Waals surface area contributed by atoms with Crippen molar-refractivity contribution in [2.75, 3.05) is 0 Å². The molecule has 4 heteroatoms. The van der Waals surface area contributed by atoms with E-state index in [9.17, 15) is 4.39 Å². The molecular weight excluding hydrogens is 260 g/mol. The van der Waals surface area contributed by atoms with Gasteiger partial charge in [0.05, 0.1) is 11.1 Å². The first kappa shape index (κ1) is 12.4. The van der Waals surface area contributed by atoms with Crippen molar-refractivity contribution >= 4 is 23.2 Å². The zero-order valence-corrected chi connectivity index (χ0v) is 10.3. The lowest BCUT2D eigenvalue weighted by Gasteiger charge is -2.15. The molecule has 88 valence electrons. The molecular formula is C13H10Cl2FN. The summed E-state index contributed by atoms with van der Waals surface area (Å²) in [5.41, 5.74) is 7.02. The van der Waals surface area contributed by atoms with E-state index in [-0.39, 0.29) is 5.02 Å². The van der Waals surface area contributed by atoms with E-state index in [1.54, 1.807) is 30.3 Å². The largest absolute Gasteiger partial charge is 0.320 e. The quantitative estimate of drug-likeness (QED) is 0.870. The van der Waals surface area contributed by atoms with Crippen LogP contribution in [0.3, 0.4) is 0 Å². The Kier molecular flexibility index (Phi) is 3.67. The lowest BCUT2D eigenvalue weighted by molar-refractivity contribution is 0.600. The van der Waals surface area contributed by atoms with Gasteiger partial charge in [0, 0.05) is 10.6 Å². The standard InChI is InChI=1S/C13H10Cl2FN/c14-10-6-2-1-4-8(10)13(17)9-5-3-7-11(15)12(9)16/h1-7,13H,17H2. The second-order valence-electron chi connectivity index (χ2n) is 3.64. The highest BCUT2D eigenvalue weighted by Gasteiger charge is 2.17. The monoisotopic (exact) mass is 269 g/mol. The summed E-state index contributed by atoms with van der Waals surface area (Å²) in [7, 11) is 0. The van der Waals surface area contributed by atoms with E-state index in [1.807, 2.05) is 6.07 Å². The first-order valence-electron chi connectivity index (χ1n) is 5.05. The summed E-state index contributed by atoms with van der Waals surface area (Å²) in [6.07, 6.45) is 0. The van der Waals surface area contributed by atoms with E-state index in [0.29, 0.717) is 16.1 Å². The van der Waals surface area contributed by atoms with Gasteiger partial charge in [0.2, 0.25) is 0 Å². The molecule has 1 nitrogen and oxygen atoms in total. The van der Waals surface area contributed by atoms with E-state index >= 15 is 0 Å². The molecule has 0 saturated heterocycles. The van der Waals surface area contributed by atoms with Crippen LogP contribution in [0.1, 0.15) is 17.2 Å². The Morgan fingerprint density at radius 3 is 2.18 bits per heavy atom. The Morgan fingerprint density at radius 1 is 0.882 bits per heavy atom. The number of benzene rings is 2. The van der Waals surface area contributed by atoms with Crippen LogP contribution in [-0.4, -0.2) is 0 Å². The first-order chi connectivity index (χ1) is 8.11. The van der Waals surface area contributed by atoms with Gasteiger partial charge in [-0.15, -0.1) is 0 Å². The molecule has 0 spiro atoms. The van der Waals surface area contributed by atoms with E-state index in [0.717, 1.165) is 0 Å². The molecule has 2 aromatic rings. The molecule has 0 aromatic heterocycles. The summed E-state index contributed by atoms with van der Waals surface area (Å²) in [4.78, 5) is 0. The smallest absolute Gasteiger partial charge is 0.146 e. The molecule has 0 fully saturated rings. The van der Waals surface area contributed by atoms with Gasteiger partial charge >= 0.3 is 0 Å². The highest BCUT2D eigenvalue weighted by Crippen LogP contribution is 2.29. The van der Waals surface area contributed by atoms with Gasteiger partial charge in [-0.3, -0.25) is 0 Å². The molecule has 0 aliphatic heterocycles. The van der Waals surface area contributed by atoms with Crippen molar-refractivity contribution in [3.8, 4) is 0 Å². The lowest BCUT2D eigenvalue weighted by Crippen LogP contribution is -2.14. The molecule has 2 aromatic carbocycles. The first-order valence-corrected chi connectivity index (χ1v) is 5.80. The van der Waals surface area contributed by atoms with Crippen LogP contribution in [0.25, 0.3) is 0 Å². The molecule has 1 unspecified atom stereocenters. The van der Waals surface area contributed by atoms with E-state index in [1.165, 1.54) is 6.07 Å². The summed E-state index contributed by atoms with van der Waals surface area (Å²) in [5.74, 6) is -0.499. The van der Waals surface area contributed by atoms with Gasteiger partial charge in [-0.05, 0) is 17.7 Å². The molecule has 0 amide bonds. The Labute approximate surface area is 109 Å². The van der Waals surface area contributed by atoms with E-state index in [2.05, 4.69) is 0 Å². The predicted molar refractivity (Wildman–Crippen MR) is 68.9 cm³/mol. The minimum absolute atomic E-state index is 0.0602. The zero-order chi connectivity index (χ0) is 12.4. The second kappa shape index (κ2) is 5.05. The summed E-state index contributed by atoms with van der Waals surface area (Å²) in [6.45, 7) is 0. The van der Waals surface area contributed by atoms with Crippen LogP contribution >= 0.6 is 23.2 Å². The maximum atomic E-state index is 13.8. The fraction of sp³-hybridized carbons (Fsp3) is 0.0769. The maximum Gasteiger partial charge on any atom is 0.146 e. The molecule has 2 rings (SSSR count). The van der Waals surface area contributed by atoms with Gasteiger partial charge in [-0.1, -0.05) is 53.5 Å². The van der Waals surface area contributed by atoms with Crippen molar-refractivity contribution in [2.45, 2.75) is 6.04 Å². The fourth-order valence-corrected chi connectivity index (χ4v) is 2.09. The number of hydrogen-bond donors (Lipinski definition) is 1. The third kappa shape index (κ3) is 2.44. The van der Waals surface area contributed by atoms with Crippen LogP contribution in [0.2, 0.25) is 10.0 Å². The molecule has 0 saturated carbocycles. The van der Waals surface area contributed by atoms with Gasteiger partial charge < -0.3 is 5.73 Å². The average Bonchev–Trinajstić information content (AvgIpc) is 2.32. The molecule has 0 heterocycles. The summed E-state index contributed by atoms with van der Waals surface area (Å²) in [6, 6.07) is 11.2. The van der Waals surface area contributed by atoms with Crippen LogP contribution in [0.15, 0.2) is 42.5 Å². The molecule has 17 heavy (non-hydrogen) atoms. The van der Waals surface area contributed by atoms with Crippen LogP contribution in [0.5, 0.6) is 0 Å². The molecule has 2 N–H and O–H groups in total. The van der Waals surface area contributed by atoms with E-state index < -0.39 is 11.9 Å². The lowest BCUT2D eigenvalue weighted by atomic mass is 9.99. The van der Waals surface area contributed by atoms with Gasteiger partial charge in [-0.25, -0.2) is 4.39 Å². The number of rotatable bonds is 2. The summed E-state index contributed by atoms with van der Waals surface area (Å²) >= 11 is 11.7. The Balaban J connectivity index is 2.48. The number of hydrogen-bond acceptors (Lipinski definition) is 1. The number of nitrogens with two attached hydrogens (primary N) is 1. The average molecular weight is 270 g/mol. The Morgan fingerprint density at radius 2 is 1.47 bits per heavy atom. The van der Waals surface area contributed by atoms with Crippen LogP contribution < -0.4 is 5.73 Å². The predicted octanol–water partition coefficient (Wildman–Crippen LogP) is 4.18. The SMILES string of the molecule is NC(c1ccccc1Cl)c1cccc(Cl)c1F. The minimum atomic E-state index is -0.623. The highest BCUT2D eigenvalue weighted by atomic mass is 35.5. The fourth-order valence-electron chi connectivity index (χ4n) is 1.66. The van der Waals surface area contributed by atoms with Crippen molar-refractivity contribution in [3.05, 3.63) is 69.5 Å². The van der Waals surface area contributed by atoms with E-state index in [4.69, 9.17) is 28.9 Å². The van der Waals surface area contributed by atoms with Crippen molar-refractivity contribution in [1.82, 2.24) is 0 Å². The van der Waals surface area contributed by atoms with Crippen molar-refractivity contribution in [2.24, 2.45) is 5.73 Å². The summed E-state index contributed by atoms with van der Waals surface area (Å²) in [5, 5.41) is 0.573. The third-order valence-electron chi connectivity index (χ3n) is 2.56. The maximum absolute atomic E-state index is 13.8. The molecule has 0 aliphatic carbocycles. The highest BCUT2D eigenvalue weighted by molar-refractivity contribution is 6.31. The zero-order valence-electron chi connectivity index (χ0n) is 8.83. The molecule has 0 aliphatic rings. The van der Waals surface area contributed by atoms with Gasteiger partial charge in [-0.2, -0.15) is 0 Å². The topological polar surface area (TPSA) is 26.0 Å². The van der Waals surface area contributed by atoms with Crippen LogP contribution in [-0.2, 0) is 0 Å². The van der Waals surface area contributed by atoms with Gasteiger partial charge in [0.1, 0.15) is 5.82 Å². The van der Waals surface area contributed by atoms with Crippen LogP contribution in [0.4, 0.5) is 4.39 Å². The Hall–Kier alpha value is -1.09. The number of halogens is 3. The summed E-state index contributed by atoms with van der Waals surface area (Å²) < 4.78 is 13.8. The third-order valence-corrected chi connectivity index (χ3v) is 3.19. The minimum Gasteiger partial charge on any atom is -0.320 e.